The SMILES string of the molecule is CCOc1ccc(Cc2ccc([C@@H]3O[C@H](COCc4ccccc4)[C@H](OCc4ccccc4)[C@H](OCc4ccccc4)[C@@H]3OCc3ccccc3)cc2Cl)cc1. The van der Waals surface area contributed by atoms with Crippen molar-refractivity contribution in [3.8, 4) is 5.75 Å². The Morgan fingerprint density at radius 3 is 1.54 bits per heavy atom. The third-order valence-electron chi connectivity index (χ3n) is 9.92. The van der Waals surface area contributed by atoms with Crippen LogP contribution in [0.4, 0.5) is 0 Å². The molecule has 1 aliphatic heterocycles. The summed E-state index contributed by atoms with van der Waals surface area (Å²) in [6.45, 7) is 4.44. The first-order chi connectivity index (χ1) is 27.6. The molecule has 0 unspecified atom stereocenters. The predicted molar refractivity (Wildman–Crippen MR) is 221 cm³/mol. The topological polar surface area (TPSA) is 55.4 Å². The minimum atomic E-state index is -0.557. The molecular formula is C49H49ClO6. The molecule has 7 heteroatoms. The summed E-state index contributed by atoms with van der Waals surface area (Å²) in [5, 5.41) is 0.655. The monoisotopic (exact) mass is 768 g/mol. The van der Waals surface area contributed by atoms with Crippen molar-refractivity contribution in [1.82, 2.24) is 0 Å². The number of ether oxygens (including phenoxy) is 6. The van der Waals surface area contributed by atoms with E-state index < -0.39 is 30.5 Å². The minimum Gasteiger partial charge on any atom is -0.494 e. The fourth-order valence-electron chi connectivity index (χ4n) is 7.03. The highest BCUT2D eigenvalue weighted by atomic mass is 35.5. The van der Waals surface area contributed by atoms with Crippen molar-refractivity contribution in [3.05, 3.63) is 208 Å². The molecular weight excluding hydrogens is 720 g/mol. The Morgan fingerprint density at radius 2 is 1.02 bits per heavy atom. The van der Waals surface area contributed by atoms with Crippen LogP contribution in [0, 0.1) is 0 Å². The van der Waals surface area contributed by atoms with Crippen LogP contribution in [0.3, 0.4) is 0 Å². The van der Waals surface area contributed by atoms with Crippen molar-refractivity contribution in [3.63, 3.8) is 0 Å². The van der Waals surface area contributed by atoms with Gasteiger partial charge in [0, 0.05) is 5.02 Å². The van der Waals surface area contributed by atoms with E-state index in [-0.39, 0.29) is 6.61 Å². The summed E-state index contributed by atoms with van der Waals surface area (Å²) in [4.78, 5) is 0. The van der Waals surface area contributed by atoms with E-state index in [4.69, 9.17) is 40.0 Å². The zero-order valence-electron chi connectivity index (χ0n) is 31.8. The summed E-state index contributed by atoms with van der Waals surface area (Å²) in [7, 11) is 0. The molecule has 5 atom stereocenters. The number of benzene rings is 6. The van der Waals surface area contributed by atoms with Crippen molar-refractivity contribution in [1.29, 1.82) is 0 Å². The molecule has 6 aromatic carbocycles. The van der Waals surface area contributed by atoms with Crippen LogP contribution < -0.4 is 4.74 Å². The molecule has 0 aromatic heterocycles. The van der Waals surface area contributed by atoms with Gasteiger partial charge in [0.05, 0.1) is 39.6 Å². The van der Waals surface area contributed by atoms with Crippen molar-refractivity contribution in [2.24, 2.45) is 0 Å². The van der Waals surface area contributed by atoms with Gasteiger partial charge < -0.3 is 28.4 Å². The van der Waals surface area contributed by atoms with Crippen molar-refractivity contribution >= 4 is 11.6 Å². The van der Waals surface area contributed by atoms with Gasteiger partial charge in [0.1, 0.15) is 36.3 Å². The Labute approximate surface area is 335 Å². The number of rotatable bonds is 18. The van der Waals surface area contributed by atoms with Gasteiger partial charge >= 0.3 is 0 Å². The fraction of sp³-hybridized carbons (Fsp3) is 0.265. The van der Waals surface area contributed by atoms with Crippen molar-refractivity contribution in [2.45, 2.75) is 70.3 Å². The average Bonchev–Trinajstić information content (AvgIpc) is 3.24. The summed E-state index contributed by atoms with van der Waals surface area (Å²) < 4.78 is 39.9. The molecule has 1 saturated heterocycles. The Kier molecular flexibility index (Phi) is 14.4. The van der Waals surface area contributed by atoms with Crippen LogP contribution in [-0.4, -0.2) is 37.6 Å². The van der Waals surface area contributed by atoms with Gasteiger partial charge in [0.25, 0.3) is 0 Å². The molecule has 0 N–H and O–H groups in total. The second-order valence-electron chi connectivity index (χ2n) is 14.0. The van der Waals surface area contributed by atoms with Crippen molar-refractivity contribution < 1.29 is 28.4 Å². The molecule has 1 heterocycles. The molecule has 288 valence electrons. The van der Waals surface area contributed by atoms with Crippen LogP contribution in [0.1, 0.15) is 52.0 Å². The molecule has 6 aromatic rings. The molecule has 0 bridgehead atoms. The van der Waals surface area contributed by atoms with E-state index >= 15 is 0 Å². The van der Waals surface area contributed by atoms with Gasteiger partial charge in [0.15, 0.2) is 0 Å². The van der Waals surface area contributed by atoms with E-state index in [1.54, 1.807) is 0 Å². The van der Waals surface area contributed by atoms with Gasteiger partial charge in [-0.2, -0.15) is 0 Å². The Morgan fingerprint density at radius 1 is 0.518 bits per heavy atom. The summed E-state index contributed by atoms with van der Waals surface area (Å²) in [6, 6.07) is 55.0. The lowest BCUT2D eigenvalue weighted by molar-refractivity contribution is -0.275. The maximum Gasteiger partial charge on any atom is 0.119 e. The molecule has 7 rings (SSSR count). The second kappa shape index (κ2) is 20.4. The van der Waals surface area contributed by atoms with E-state index in [1.165, 1.54) is 0 Å². The average molecular weight is 769 g/mol. The van der Waals surface area contributed by atoms with E-state index in [1.807, 2.05) is 97.9 Å². The highest BCUT2D eigenvalue weighted by Gasteiger charge is 2.49. The van der Waals surface area contributed by atoms with E-state index in [0.717, 1.165) is 44.7 Å². The first kappa shape index (κ1) is 39.4. The van der Waals surface area contributed by atoms with Gasteiger partial charge in [-0.05, 0) is 70.5 Å². The molecule has 0 amide bonds. The smallest absolute Gasteiger partial charge is 0.119 e. The molecule has 6 nitrogen and oxygen atoms in total. The maximum atomic E-state index is 7.12. The van der Waals surface area contributed by atoms with Crippen LogP contribution >= 0.6 is 11.6 Å². The fourth-order valence-corrected chi connectivity index (χ4v) is 7.29. The maximum absolute atomic E-state index is 7.12. The molecule has 0 aliphatic carbocycles. The van der Waals surface area contributed by atoms with Crippen LogP contribution in [0.25, 0.3) is 0 Å². The quantitative estimate of drug-likeness (QED) is 0.0868. The predicted octanol–water partition coefficient (Wildman–Crippen LogP) is 10.7. The number of halogens is 1. The normalized spacial score (nSPS) is 19.4. The lowest BCUT2D eigenvalue weighted by Crippen LogP contribution is -2.58. The van der Waals surface area contributed by atoms with Gasteiger partial charge in [-0.25, -0.2) is 0 Å². The lowest BCUT2D eigenvalue weighted by Gasteiger charge is -2.46. The van der Waals surface area contributed by atoms with Crippen LogP contribution in [0.5, 0.6) is 5.75 Å². The highest BCUT2D eigenvalue weighted by molar-refractivity contribution is 6.31. The van der Waals surface area contributed by atoms with Crippen molar-refractivity contribution in [2.75, 3.05) is 13.2 Å². The molecule has 0 radical (unpaired) electrons. The number of hydrogen-bond donors (Lipinski definition) is 0. The standard InChI is InChI=1S/C49H49ClO6/c1-2-52-43-27-23-36(24-28-43)29-41-25-26-42(30-44(41)50)46-48(54-33-39-19-11-5-12-20-39)49(55-34-40-21-13-6-14-22-40)47(53-32-38-17-9-4-10-18-38)45(56-46)35-51-31-37-15-7-3-8-16-37/h3-28,30,45-49H,2,29,31-35H2,1H3/t45-,46+,47+,48-,49+/m1/s1. The zero-order chi connectivity index (χ0) is 38.4. The molecule has 1 fully saturated rings. The van der Waals surface area contributed by atoms with Gasteiger partial charge in [-0.1, -0.05) is 157 Å². The first-order valence-electron chi connectivity index (χ1n) is 19.4. The van der Waals surface area contributed by atoms with Crippen LogP contribution in [0.15, 0.2) is 164 Å². The van der Waals surface area contributed by atoms with Gasteiger partial charge in [0.2, 0.25) is 0 Å². The van der Waals surface area contributed by atoms with Crippen LogP contribution in [0.2, 0.25) is 5.02 Å². The molecule has 1 aliphatic rings. The first-order valence-corrected chi connectivity index (χ1v) is 19.7. The molecule has 0 saturated carbocycles. The lowest BCUT2D eigenvalue weighted by atomic mass is 9.89. The second-order valence-corrected chi connectivity index (χ2v) is 14.4. The summed E-state index contributed by atoms with van der Waals surface area (Å²) in [5.41, 5.74) is 7.29. The third-order valence-corrected chi connectivity index (χ3v) is 10.3. The van der Waals surface area contributed by atoms with E-state index in [9.17, 15) is 0 Å². The Hall–Kier alpha value is -4.79. The minimum absolute atomic E-state index is 0.283. The largest absolute Gasteiger partial charge is 0.494 e. The van der Waals surface area contributed by atoms with Crippen LogP contribution in [-0.2, 0) is 56.5 Å². The zero-order valence-corrected chi connectivity index (χ0v) is 32.5. The Balaban J connectivity index is 1.22. The third kappa shape index (κ3) is 10.9. The summed E-state index contributed by atoms with van der Waals surface area (Å²) >= 11 is 7.11. The molecule has 56 heavy (non-hydrogen) atoms. The Bertz CT molecular complexity index is 2030. The molecule has 0 spiro atoms. The summed E-state index contributed by atoms with van der Waals surface area (Å²) in [5.74, 6) is 0.853. The van der Waals surface area contributed by atoms with Gasteiger partial charge in [-0.15, -0.1) is 0 Å². The van der Waals surface area contributed by atoms with E-state index in [2.05, 4.69) is 72.8 Å². The number of hydrogen-bond acceptors (Lipinski definition) is 6. The summed E-state index contributed by atoms with van der Waals surface area (Å²) in [6.07, 6.45) is -1.97. The highest BCUT2D eigenvalue weighted by Crippen LogP contribution is 2.40. The van der Waals surface area contributed by atoms with Gasteiger partial charge in [-0.3, -0.25) is 0 Å². The van der Waals surface area contributed by atoms with E-state index in [0.29, 0.717) is 44.5 Å².